The van der Waals surface area contributed by atoms with Gasteiger partial charge >= 0.3 is 6.18 Å². The molecule has 0 radical (unpaired) electrons. The predicted octanol–water partition coefficient (Wildman–Crippen LogP) is 8.71. The Kier molecular flexibility index (Phi) is 5.87. The molecular weight excluding hydrogens is 710 g/mol. The van der Waals surface area contributed by atoms with Crippen LogP contribution in [0.5, 0.6) is 0 Å². The number of carbonyl (C=O) groups is 1. The fraction of sp³-hybridized carbons (Fsp3) is 0.317. The van der Waals surface area contributed by atoms with Crippen LogP contribution in [0.25, 0.3) is 22.0 Å². The summed E-state index contributed by atoms with van der Waals surface area (Å²) in [7, 11) is 1.17. The van der Waals surface area contributed by atoms with Gasteiger partial charge in [-0.25, -0.2) is 8.78 Å². The van der Waals surface area contributed by atoms with E-state index >= 15 is 9.18 Å². The van der Waals surface area contributed by atoms with Gasteiger partial charge < -0.3 is 19.1 Å². The van der Waals surface area contributed by atoms with Crippen LogP contribution in [0.3, 0.4) is 0 Å². The number of likely N-dealkylation sites (tertiary alicyclic amines) is 1. The van der Waals surface area contributed by atoms with Crippen molar-refractivity contribution in [2.75, 3.05) is 33.3 Å². The number of aromatic nitrogens is 1. The number of fused-ring (bicyclic) bond motifs is 1. The Labute approximate surface area is 341 Å². The average Bonchev–Trinajstić information content (AvgIpc) is 3.32. The second kappa shape index (κ2) is 16.7. The van der Waals surface area contributed by atoms with Crippen LogP contribution < -0.4 is 5.43 Å². The number of rotatable bonds is 12. The Balaban J connectivity index is 1.70. The van der Waals surface area contributed by atoms with E-state index < -0.39 is 245 Å². The number of piperidine rings is 1. The Morgan fingerprint density at radius 2 is 1.70 bits per heavy atom. The van der Waals surface area contributed by atoms with Gasteiger partial charge in [0.05, 0.1) is 48.8 Å². The summed E-state index contributed by atoms with van der Waals surface area (Å²) in [5.41, 5.74) is -14.7. The summed E-state index contributed by atoms with van der Waals surface area (Å²) < 4.78 is 279. The van der Waals surface area contributed by atoms with Crippen molar-refractivity contribution in [2.24, 2.45) is 0 Å². The zero-order valence-electron chi connectivity index (χ0n) is 50.5. The second-order valence-corrected chi connectivity index (χ2v) is 11.9. The van der Waals surface area contributed by atoms with Gasteiger partial charge in [0.25, 0.3) is 0 Å². The zero-order valence-corrected chi connectivity index (χ0v) is 28.3. The molecule has 0 N–H and O–H groups in total. The molecule has 1 fully saturated rings. The number of carbonyl (C=O) groups excluding carboxylic acids is 1. The van der Waals surface area contributed by atoms with E-state index in [4.69, 9.17) is 30.8 Å². The standard InChI is InChI=1S/C41H40F5N3O3S/c1-27-22-30(14-15-34(27)41(44,45)46)29-12-10-28(11-13-29)24-48(32-16-18-47(19-17-32)20-21-52-2)38(51)25-49-36-9-4-3-7-33(36)37(50)23-39(49)53-26-31-6-5-8-35(42)40(31)43/h3-15,22-23,32H,16-21,24-26H2,1-2H3/i3D,4D,5D,6D,7D,8D,9D,10D,11D,12D,13D,14D,15D,20D2,22D,23D,24D2,25D2,26D2. The molecule has 1 aliphatic rings. The molecule has 4 aromatic carbocycles. The maximum Gasteiger partial charge on any atom is 0.416 e. The molecule has 1 saturated heterocycles. The van der Waals surface area contributed by atoms with Crippen LogP contribution in [0.4, 0.5) is 22.0 Å². The van der Waals surface area contributed by atoms with Crippen molar-refractivity contribution >= 4 is 28.6 Å². The van der Waals surface area contributed by atoms with Crippen LogP contribution >= 0.6 is 11.8 Å². The van der Waals surface area contributed by atoms with Crippen molar-refractivity contribution in [3.05, 3.63) is 135 Å². The fourth-order valence-electron chi connectivity index (χ4n) is 5.09. The molecule has 12 heteroatoms. The first-order valence-electron chi connectivity index (χ1n) is 26.9. The van der Waals surface area contributed by atoms with Crippen LogP contribution in [0, 0.1) is 18.6 Å². The number of para-hydroxylation sites is 1. The smallest absolute Gasteiger partial charge is 0.383 e. The number of ether oxygens (including phenoxy) is 1. The normalized spacial score (nSPS) is 21.5. The topological polar surface area (TPSA) is 54.8 Å². The van der Waals surface area contributed by atoms with Crippen molar-refractivity contribution in [1.82, 2.24) is 14.4 Å². The van der Waals surface area contributed by atoms with Gasteiger partial charge in [0.2, 0.25) is 5.91 Å². The number of halogens is 5. The van der Waals surface area contributed by atoms with Crippen molar-refractivity contribution in [2.45, 2.75) is 55.7 Å². The minimum atomic E-state index is -5.29. The minimum absolute atomic E-state index is 0.00878. The van der Waals surface area contributed by atoms with Gasteiger partial charge in [-0.2, -0.15) is 13.2 Å². The highest BCUT2D eigenvalue weighted by Crippen LogP contribution is 2.34. The Morgan fingerprint density at radius 1 is 0.981 bits per heavy atom. The molecule has 53 heavy (non-hydrogen) atoms. The fourth-order valence-corrected chi connectivity index (χ4v) is 5.80. The van der Waals surface area contributed by atoms with Gasteiger partial charge in [-0.05, 0) is 66.2 Å². The third-order valence-corrected chi connectivity index (χ3v) is 8.43. The Hall–Kier alpha value is -4.52. The summed E-state index contributed by atoms with van der Waals surface area (Å²) in [5, 5.41) is -2.72. The summed E-state index contributed by atoms with van der Waals surface area (Å²) in [6.45, 7) is -11.1. The molecule has 2 heterocycles. The first-order valence-corrected chi connectivity index (χ1v) is 16.2. The SMILES string of the molecule is [2H]c1c([2H])c(F)c(F)c(C([2H])([2H])Sc2c([2H])c(=O)c3c([2H])c([2H])c([2H])c([2H])c3n2C([2H])([2H])C(=O)N(C2CCN(C([2H])([2H])COC)CC2)C([2H])([2H])c2c([2H])c([2H])c(-c3c([2H])c([2H])c(C(F)(F)F)c(C)c3[2H])c([2H])c2[2H])c1[2H]. The summed E-state index contributed by atoms with van der Waals surface area (Å²) in [5.74, 6) is -6.64. The van der Waals surface area contributed by atoms with Gasteiger partial charge in [0, 0.05) is 67.4 Å². The zero-order chi connectivity index (χ0) is 57.9. The van der Waals surface area contributed by atoms with Gasteiger partial charge in [0.15, 0.2) is 17.1 Å². The van der Waals surface area contributed by atoms with Gasteiger partial charge in [-0.15, -0.1) is 11.8 Å². The summed E-state index contributed by atoms with van der Waals surface area (Å²) in [6, 6.07) is -22.5. The quantitative estimate of drug-likeness (QED) is 0.0939. The van der Waals surface area contributed by atoms with E-state index in [1.165, 1.54) is 12.0 Å². The lowest BCUT2D eigenvalue weighted by Crippen LogP contribution is -2.48. The van der Waals surface area contributed by atoms with Crippen molar-refractivity contribution < 1.29 is 63.0 Å². The van der Waals surface area contributed by atoms with Crippen molar-refractivity contribution in [3.63, 3.8) is 0 Å². The first kappa shape index (κ1) is 18.7. The second-order valence-electron chi connectivity index (χ2n) is 11.1. The van der Waals surface area contributed by atoms with E-state index in [2.05, 4.69) is 0 Å². The highest BCUT2D eigenvalue weighted by molar-refractivity contribution is 7.98. The number of methoxy groups -OCH3 is 1. The van der Waals surface area contributed by atoms with Gasteiger partial charge in [0.1, 0.15) is 6.50 Å². The molecule has 1 aromatic heterocycles. The molecule has 6 rings (SSSR count). The minimum Gasteiger partial charge on any atom is -0.383 e. The van der Waals surface area contributed by atoms with E-state index in [0.717, 1.165) is 6.92 Å². The lowest BCUT2D eigenvalue weighted by Gasteiger charge is -2.39. The van der Waals surface area contributed by atoms with Crippen LogP contribution in [-0.4, -0.2) is 59.6 Å². The van der Waals surface area contributed by atoms with Gasteiger partial charge in [-0.3, -0.25) is 9.59 Å². The number of hydrogen-bond donors (Lipinski definition) is 0. The monoisotopic (exact) mass is 772 g/mol. The molecule has 0 atom stereocenters. The van der Waals surface area contributed by atoms with Crippen LogP contribution in [0.1, 0.15) is 66.6 Å². The molecule has 0 unspecified atom stereocenters. The molecule has 0 bridgehead atoms. The summed E-state index contributed by atoms with van der Waals surface area (Å²) >= 11 is -0.621. The molecule has 6 nitrogen and oxygen atoms in total. The number of pyridine rings is 1. The predicted molar refractivity (Wildman–Crippen MR) is 198 cm³/mol. The number of nitrogens with zero attached hydrogens (tertiary/aromatic N) is 3. The van der Waals surface area contributed by atoms with E-state index in [0.29, 0.717) is 0 Å². The highest BCUT2D eigenvalue weighted by Gasteiger charge is 2.32. The molecule has 5 aromatic rings. The van der Waals surface area contributed by atoms with E-state index in [-0.39, 0.29) is 9.47 Å². The molecule has 278 valence electrons. The maximum atomic E-state index is 15.6. The van der Waals surface area contributed by atoms with Crippen molar-refractivity contribution in [1.29, 1.82) is 0 Å². The largest absolute Gasteiger partial charge is 0.416 e. The highest BCUT2D eigenvalue weighted by atomic mass is 32.2. The third kappa shape index (κ3) is 9.00. The first-order chi connectivity index (χ1) is 34.7. The molecule has 0 spiro atoms. The number of hydrogen-bond acceptors (Lipinski definition) is 5. The number of alkyl halides is 3. The lowest BCUT2D eigenvalue weighted by molar-refractivity contribution is -0.138. The lowest BCUT2D eigenvalue weighted by atomic mass is 9.98. The van der Waals surface area contributed by atoms with Crippen LogP contribution in [0.2, 0.25) is 0 Å². The van der Waals surface area contributed by atoms with E-state index in [9.17, 15) is 27.8 Å². The molecule has 1 aliphatic heterocycles. The van der Waals surface area contributed by atoms with E-state index in [1.807, 2.05) is 0 Å². The molecule has 1 amide bonds. The van der Waals surface area contributed by atoms with E-state index in [1.54, 1.807) is 0 Å². The average molecular weight is 773 g/mol. The number of thioether (sulfide) groups is 1. The summed E-state index contributed by atoms with van der Waals surface area (Å²) in [6.07, 6.45) is -6.39. The number of amides is 1. The van der Waals surface area contributed by atoms with Gasteiger partial charge in [-0.1, -0.05) is 60.4 Å². The molecule has 0 saturated carbocycles. The molecular formula is C41H40F5N3O3S. The Bertz CT molecular complexity index is 3250. The van der Waals surface area contributed by atoms with Crippen LogP contribution in [0.15, 0.2) is 100 Å². The van der Waals surface area contributed by atoms with Crippen molar-refractivity contribution in [3.8, 4) is 11.1 Å². The van der Waals surface area contributed by atoms with Crippen LogP contribution in [-0.2, 0) is 34.4 Å². The number of benzene rings is 4. The Morgan fingerprint density at radius 3 is 2.42 bits per heavy atom. The third-order valence-electron chi connectivity index (χ3n) is 7.64. The molecule has 0 aliphatic carbocycles. The summed E-state index contributed by atoms with van der Waals surface area (Å²) in [4.78, 5) is 30.8. The maximum absolute atomic E-state index is 15.6.